The van der Waals surface area contributed by atoms with Crippen LogP contribution in [0.1, 0.15) is 364 Å². The van der Waals surface area contributed by atoms with Gasteiger partial charge in [-0.1, -0.05) is 312 Å². The average molecular weight is 1350 g/mol. The Labute approximate surface area is 562 Å². The summed E-state index contributed by atoms with van der Waals surface area (Å²) in [5.41, 5.74) is 0. The summed E-state index contributed by atoms with van der Waals surface area (Å²) in [6.07, 6.45) is 46.2. The maximum Gasteiger partial charge on any atom is 0.472 e. The molecule has 0 saturated heterocycles. The second kappa shape index (κ2) is 62.6. The van der Waals surface area contributed by atoms with Crippen molar-refractivity contribution in [3.63, 3.8) is 0 Å². The lowest BCUT2D eigenvalue weighted by molar-refractivity contribution is -0.161. The highest BCUT2D eigenvalue weighted by molar-refractivity contribution is 7.47. The number of carbonyl (C=O) groups excluding carboxylic acids is 4. The Morgan fingerprint density at radius 2 is 0.457 bits per heavy atom. The summed E-state index contributed by atoms with van der Waals surface area (Å²) >= 11 is 0. The van der Waals surface area contributed by atoms with E-state index in [4.69, 9.17) is 37.0 Å². The molecule has 0 aromatic heterocycles. The second-order valence-electron chi connectivity index (χ2n) is 28.2. The van der Waals surface area contributed by atoms with Gasteiger partial charge in [0.25, 0.3) is 0 Å². The van der Waals surface area contributed by atoms with Gasteiger partial charge in [-0.25, -0.2) is 9.13 Å². The largest absolute Gasteiger partial charge is 0.472 e. The van der Waals surface area contributed by atoms with E-state index >= 15 is 0 Å². The summed E-state index contributed by atoms with van der Waals surface area (Å²) in [4.78, 5) is 72.6. The molecular formula is C73H142O17P2. The summed E-state index contributed by atoms with van der Waals surface area (Å²) in [7, 11) is -9.90. The van der Waals surface area contributed by atoms with E-state index in [-0.39, 0.29) is 25.7 Å². The zero-order valence-corrected chi connectivity index (χ0v) is 62.0. The van der Waals surface area contributed by atoms with Crippen molar-refractivity contribution in [3.05, 3.63) is 0 Å². The van der Waals surface area contributed by atoms with E-state index in [0.717, 1.165) is 108 Å². The van der Waals surface area contributed by atoms with Gasteiger partial charge in [-0.3, -0.25) is 37.3 Å². The normalized spacial score (nSPS) is 14.2. The first-order chi connectivity index (χ1) is 44.1. The second-order valence-corrected chi connectivity index (χ2v) is 31.1. The Morgan fingerprint density at radius 3 is 0.674 bits per heavy atom. The van der Waals surface area contributed by atoms with Crippen LogP contribution in [0, 0.1) is 23.7 Å². The maximum atomic E-state index is 13.0. The van der Waals surface area contributed by atoms with Gasteiger partial charge < -0.3 is 33.8 Å². The molecule has 0 rings (SSSR count). The number of hydrogen-bond donors (Lipinski definition) is 3. The van der Waals surface area contributed by atoms with Gasteiger partial charge in [0.2, 0.25) is 0 Å². The highest BCUT2D eigenvalue weighted by Gasteiger charge is 2.30. The molecule has 0 fully saturated rings. The molecule has 0 heterocycles. The van der Waals surface area contributed by atoms with Crippen molar-refractivity contribution >= 4 is 39.5 Å². The quantitative estimate of drug-likeness (QED) is 0.0222. The molecular weight excluding hydrogens is 1210 g/mol. The minimum atomic E-state index is -4.95. The highest BCUT2D eigenvalue weighted by Crippen LogP contribution is 2.45. The van der Waals surface area contributed by atoms with Crippen LogP contribution in [-0.4, -0.2) is 96.7 Å². The number of unbranched alkanes of at least 4 members (excludes halogenated alkanes) is 36. The Morgan fingerprint density at radius 1 is 0.272 bits per heavy atom. The van der Waals surface area contributed by atoms with Crippen LogP contribution in [0.5, 0.6) is 0 Å². The summed E-state index contributed by atoms with van der Waals surface area (Å²) in [6, 6.07) is 0. The van der Waals surface area contributed by atoms with Crippen LogP contribution in [0.25, 0.3) is 0 Å². The van der Waals surface area contributed by atoms with Crippen LogP contribution in [-0.2, 0) is 65.4 Å². The fourth-order valence-corrected chi connectivity index (χ4v) is 12.6. The van der Waals surface area contributed by atoms with Gasteiger partial charge in [0.15, 0.2) is 12.2 Å². The van der Waals surface area contributed by atoms with Gasteiger partial charge in [0, 0.05) is 25.7 Å². The molecule has 0 saturated carbocycles. The van der Waals surface area contributed by atoms with Crippen molar-refractivity contribution in [2.75, 3.05) is 39.6 Å². The lowest BCUT2D eigenvalue weighted by atomic mass is 10.0. The molecule has 0 amide bonds. The molecule has 0 radical (unpaired) electrons. The van der Waals surface area contributed by atoms with Crippen molar-refractivity contribution < 1.29 is 80.2 Å². The number of aliphatic hydroxyl groups excluding tert-OH is 1. The van der Waals surface area contributed by atoms with E-state index in [2.05, 4.69) is 55.4 Å². The molecule has 0 bridgehead atoms. The molecule has 546 valence electrons. The fourth-order valence-electron chi connectivity index (χ4n) is 11.0. The smallest absolute Gasteiger partial charge is 0.462 e. The van der Waals surface area contributed by atoms with Gasteiger partial charge in [-0.2, -0.15) is 0 Å². The van der Waals surface area contributed by atoms with Crippen LogP contribution in [0.15, 0.2) is 0 Å². The zero-order chi connectivity index (χ0) is 68.2. The van der Waals surface area contributed by atoms with Crippen LogP contribution in [0.4, 0.5) is 0 Å². The third-order valence-corrected chi connectivity index (χ3v) is 18.7. The van der Waals surface area contributed by atoms with E-state index < -0.39 is 97.5 Å². The average Bonchev–Trinajstić information content (AvgIpc) is 3.43. The van der Waals surface area contributed by atoms with Crippen LogP contribution < -0.4 is 0 Å². The molecule has 0 aliphatic carbocycles. The van der Waals surface area contributed by atoms with Gasteiger partial charge in [-0.15, -0.1) is 0 Å². The molecule has 92 heavy (non-hydrogen) atoms. The van der Waals surface area contributed by atoms with Crippen LogP contribution in [0.2, 0.25) is 0 Å². The lowest BCUT2D eigenvalue weighted by Crippen LogP contribution is -2.30. The molecule has 5 atom stereocenters. The number of esters is 4. The van der Waals surface area contributed by atoms with Crippen molar-refractivity contribution in [1.82, 2.24) is 0 Å². The van der Waals surface area contributed by atoms with Gasteiger partial charge in [-0.05, 0) is 49.4 Å². The predicted octanol–water partition coefficient (Wildman–Crippen LogP) is 20.9. The van der Waals surface area contributed by atoms with E-state index in [1.807, 2.05) is 0 Å². The van der Waals surface area contributed by atoms with Crippen LogP contribution >= 0.6 is 15.6 Å². The van der Waals surface area contributed by atoms with Crippen molar-refractivity contribution in [2.45, 2.75) is 382 Å². The minimum absolute atomic E-state index is 0.103. The zero-order valence-electron chi connectivity index (χ0n) is 60.2. The fraction of sp³-hybridized carbons (Fsp3) is 0.945. The summed E-state index contributed by atoms with van der Waals surface area (Å²) in [5, 5.41) is 10.6. The van der Waals surface area contributed by atoms with Gasteiger partial charge >= 0.3 is 39.5 Å². The first kappa shape index (κ1) is 90.1. The summed E-state index contributed by atoms with van der Waals surface area (Å²) < 4.78 is 68.3. The summed E-state index contributed by atoms with van der Waals surface area (Å²) in [6.45, 7) is 14.1. The molecule has 2 unspecified atom stereocenters. The molecule has 19 heteroatoms. The first-order valence-electron chi connectivity index (χ1n) is 37.7. The Hall–Kier alpha value is -1.94. The van der Waals surface area contributed by atoms with E-state index in [1.165, 1.54) is 161 Å². The number of aliphatic hydroxyl groups is 1. The summed E-state index contributed by atoms with van der Waals surface area (Å²) in [5.74, 6) is 0.823. The molecule has 0 aromatic rings. The molecule has 0 aliphatic rings. The van der Waals surface area contributed by atoms with E-state index in [1.54, 1.807) is 0 Å². The molecule has 0 spiro atoms. The monoisotopic (exact) mass is 1350 g/mol. The third-order valence-electron chi connectivity index (χ3n) is 16.8. The molecule has 0 aliphatic heterocycles. The lowest BCUT2D eigenvalue weighted by Gasteiger charge is -2.21. The SMILES string of the molecule is CC(C)CCCCCCCCCCCCCCCCCCC(=O)OC[C@H](COP(=O)(O)OC[C@@H](O)COP(=O)(O)OC[C@@H](COC(=O)CCCCCCCCC(C)C)OC(=O)CCCCCCCCCCCCCC(C)C)OC(=O)CCCCCCCCCC(C)C. The number of rotatable bonds is 70. The third kappa shape index (κ3) is 66.7. The topological polar surface area (TPSA) is 237 Å². The number of hydrogen-bond acceptors (Lipinski definition) is 15. The highest BCUT2D eigenvalue weighted by atomic mass is 31.2. The molecule has 0 aromatic carbocycles. The standard InChI is InChI=1S/C73H142O17P2/c1-63(2)49-41-33-25-20-16-13-11-9-10-12-14-18-22-28-37-45-53-70(75)83-59-68(90-73(78)56-48-40-30-24-27-35-43-51-65(5)6)61-87-91(79,80)85-57-67(74)58-86-92(81,82)88-62-69(60-84-71(76)54-46-38-32-31-36-44-52-66(7)8)89-72(77)55-47-39-29-23-19-15-17-21-26-34-42-50-64(3)4/h63-69,74H,9-62H2,1-8H3,(H,79,80)(H,81,82)/t67-,68-,69-/m1/s1. The maximum absolute atomic E-state index is 13.0. The van der Waals surface area contributed by atoms with Gasteiger partial charge in [0.05, 0.1) is 26.4 Å². The minimum Gasteiger partial charge on any atom is -0.462 e. The molecule has 3 N–H and O–H groups in total. The predicted molar refractivity (Wildman–Crippen MR) is 372 cm³/mol. The van der Waals surface area contributed by atoms with Crippen LogP contribution in [0.3, 0.4) is 0 Å². The van der Waals surface area contributed by atoms with Crippen molar-refractivity contribution in [1.29, 1.82) is 0 Å². The number of carbonyl (C=O) groups is 4. The first-order valence-corrected chi connectivity index (χ1v) is 40.7. The van der Waals surface area contributed by atoms with E-state index in [9.17, 15) is 43.2 Å². The molecule has 17 nitrogen and oxygen atoms in total. The van der Waals surface area contributed by atoms with Gasteiger partial charge in [0.1, 0.15) is 19.3 Å². The number of phosphoric acid groups is 2. The Kier molecular flexibility index (Phi) is 61.3. The van der Waals surface area contributed by atoms with Crippen molar-refractivity contribution in [3.8, 4) is 0 Å². The Bertz CT molecular complexity index is 1820. The van der Waals surface area contributed by atoms with Crippen molar-refractivity contribution in [2.24, 2.45) is 23.7 Å². The Balaban J connectivity index is 5.17. The number of phosphoric ester groups is 2. The number of ether oxygens (including phenoxy) is 4. The van der Waals surface area contributed by atoms with E-state index in [0.29, 0.717) is 37.5 Å².